The van der Waals surface area contributed by atoms with Crippen LogP contribution < -0.4 is 5.32 Å². The number of hydrogen-bond donors (Lipinski definition) is 1. The molecule has 1 N–H and O–H groups in total. The van der Waals surface area contributed by atoms with Gasteiger partial charge in [0.05, 0.1) is 6.54 Å². The molecule has 5 aliphatic rings. The summed E-state index contributed by atoms with van der Waals surface area (Å²) in [6, 6.07) is 0.502. The maximum atomic E-state index is 13.3. The molecular weight excluding hydrogens is 356 g/mol. The van der Waals surface area contributed by atoms with Crippen molar-refractivity contribution in [3.8, 4) is 0 Å². The van der Waals surface area contributed by atoms with E-state index in [0.717, 1.165) is 48.0 Å². The van der Waals surface area contributed by atoms with Gasteiger partial charge in [-0.3, -0.25) is 4.79 Å². The number of amides is 1. The molecule has 148 valence electrons. The molecule has 4 bridgehead atoms. The van der Waals surface area contributed by atoms with E-state index >= 15 is 0 Å². The summed E-state index contributed by atoms with van der Waals surface area (Å²) in [5.74, 6) is 3.65. The number of aromatic nitrogens is 3. The summed E-state index contributed by atoms with van der Waals surface area (Å²) in [7, 11) is 0. The van der Waals surface area contributed by atoms with Crippen molar-refractivity contribution in [3.05, 3.63) is 5.82 Å². The van der Waals surface area contributed by atoms with Crippen molar-refractivity contribution in [1.82, 2.24) is 20.1 Å². The summed E-state index contributed by atoms with van der Waals surface area (Å²) in [6.07, 6.45) is 15.9. The second-order valence-corrected chi connectivity index (χ2v) is 10.4. The van der Waals surface area contributed by atoms with E-state index in [2.05, 4.69) is 26.3 Å². The fraction of sp³-hybridized carbons (Fsp3) is 0.857. The average Bonchev–Trinajstić information content (AvgIpc) is 3.08. The molecule has 1 amide bonds. The molecule has 27 heavy (non-hydrogen) atoms. The van der Waals surface area contributed by atoms with Crippen LogP contribution in [-0.4, -0.2) is 26.9 Å². The Hall–Kier alpha value is -1.04. The molecule has 1 aromatic rings. The third-order valence-corrected chi connectivity index (χ3v) is 8.43. The third-order valence-electron chi connectivity index (χ3n) is 7.78. The van der Waals surface area contributed by atoms with Crippen molar-refractivity contribution >= 4 is 17.7 Å². The van der Waals surface area contributed by atoms with Crippen LogP contribution in [0.15, 0.2) is 5.16 Å². The molecule has 5 saturated carbocycles. The Kier molecular flexibility index (Phi) is 4.73. The van der Waals surface area contributed by atoms with Crippen LogP contribution >= 0.6 is 11.8 Å². The second-order valence-electron chi connectivity index (χ2n) is 9.65. The van der Waals surface area contributed by atoms with Crippen LogP contribution in [-0.2, 0) is 11.3 Å². The van der Waals surface area contributed by atoms with Gasteiger partial charge in [-0.05, 0) is 75.4 Å². The number of rotatable bonds is 5. The van der Waals surface area contributed by atoms with E-state index in [1.165, 1.54) is 51.4 Å². The van der Waals surface area contributed by atoms with Crippen LogP contribution in [0.2, 0.25) is 0 Å². The monoisotopic (exact) mass is 388 g/mol. The zero-order valence-corrected chi connectivity index (χ0v) is 17.3. The molecule has 0 radical (unpaired) electrons. The number of thioether (sulfide) groups is 1. The van der Waals surface area contributed by atoms with E-state index in [1.54, 1.807) is 11.8 Å². The summed E-state index contributed by atoms with van der Waals surface area (Å²) in [4.78, 5) is 13.3. The highest BCUT2D eigenvalue weighted by atomic mass is 32.2. The van der Waals surface area contributed by atoms with E-state index in [4.69, 9.17) is 0 Å². The van der Waals surface area contributed by atoms with Gasteiger partial charge in [-0.1, -0.05) is 31.0 Å². The number of nitrogens with zero attached hydrogens (tertiary/aromatic N) is 3. The van der Waals surface area contributed by atoms with Gasteiger partial charge in [0.1, 0.15) is 0 Å². The maximum absolute atomic E-state index is 13.3. The highest BCUT2D eigenvalue weighted by Crippen LogP contribution is 2.60. The number of carbonyl (C=O) groups excluding carboxylic acids is 1. The van der Waals surface area contributed by atoms with Crippen LogP contribution in [0.3, 0.4) is 0 Å². The number of hydrogen-bond acceptors (Lipinski definition) is 4. The second kappa shape index (κ2) is 7.09. The quantitative estimate of drug-likeness (QED) is 0.763. The lowest BCUT2D eigenvalue weighted by molar-refractivity contribution is -0.146. The van der Waals surface area contributed by atoms with E-state index in [-0.39, 0.29) is 5.41 Å². The molecule has 6 heteroatoms. The van der Waals surface area contributed by atoms with E-state index in [9.17, 15) is 4.79 Å². The van der Waals surface area contributed by atoms with Gasteiger partial charge >= 0.3 is 0 Å². The molecule has 5 fully saturated rings. The van der Waals surface area contributed by atoms with Crippen molar-refractivity contribution in [2.24, 2.45) is 23.2 Å². The van der Waals surface area contributed by atoms with Gasteiger partial charge in [-0.25, -0.2) is 0 Å². The Morgan fingerprint density at radius 1 is 1.07 bits per heavy atom. The Balaban J connectivity index is 1.30. The Morgan fingerprint density at radius 2 is 1.70 bits per heavy atom. The molecular formula is C21H32N4OS. The lowest BCUT2D eigenvalue weighted by Crippen LogP contribution is -2.53. The molecule has 5 aliphatic carbocycles. The first kappa shape index (κ1) is 18.0. The zero-order chi connectivity index (χ0) is 18.4. The first-order valence-electron chi connectivity index (χ1n) is 10.9. The maximum Gasteiger partial charge on any atom is 0.226 e. The normalized spacial score (nSPS) is 35.5. The van der Waals surface area contributed by atoms with Crippen molar-refractivity contribution in [2.45, 2.75) is 88.4 Å². The van der Waals surface area contributed by atoms with Crippen molar-refractivity contribution in [1.29, 1.82) is 0 Å². The average molecular weight is 389 g/mol. The predicted octanol–water partition coefficient (Wildman–Crippen LogP) is 4.34. The largest absolute Gasteiger partial charge is 0.348 e. The highest BCUT2D eigenvalue weighted by Gasteiger charge is 2.54. The summed E-state index contributed by atoms with van der Waals surface area (Å²) < 4.78 is 2.32. The molecule has 0 atom stereocenters. The molecule has 1 aromatic heterocycles. The van der Waals surface area contributed by atoms with Gasteiger partial charge in [-0.2, -0.15) is 0 Å². The molecule has 0 saturated heterocycles. The standard InChI is InChI=1S/C21H32N4OS/c1-27-20-24-23-18(25(20)17-5-3-2-4-6-17)13-22-19(26)21-10-14-7-15(11-21)9-16(8-14)12-21/h14-17H,2-13H2,1H3,(H,22,26). The van der Waals surface area contributed by atoms with Gasteiger partial charge in [0.15, 0.2) is 11.0 Å². The summed E-state index contributed by atoms with van der Waals surface area (Å²) in [6.45, 7) is 0.532. The Bertz CT molecular complexity index is 674. The zero-order valence-electron chi connectivity index (χ0n) is 16.5. The first-order chi connectivity index (χ1) is 13.2. The minimum Gasteiger partial charge on any atom is -0.348 e. The van der Waals surface area contributed by atoms with Gasteiger partial charge in [0, 0.05) is 11.5 Å². The van der Waals surface area contributed by atoms with Gasteiger partial charge in [0.25, 0.3) is 0 Å². The van der Waals surface area contributed by atoms with Crippen LogP contribution in [0.4, 0.5) is 0 Å². The lowest BCUT2D eigenvalue weighted by Gasteiger charge is -2.55. The molecule has 0 spiro atoms. The first-order valence-corrected chi connectivity index (χ1v) is 12.2. The summed E-state index contributed by atoms with van der Waals surface area (Å²) >= 11 is 1.67. The van der Waals surface area contributed by atoms with E-state index in [1.807, 2.05) is 0 Å². The van der Waals surface area contributed by atoms with Gasteiger partial charge in [0.2, 0.25) is 5.91 Å². The topological polar surface area (TPSA) is 59.8 Å². The SMILES string of the molecule is CSc1nnc(CNC(=O)C23CC4CC(CC(C4)C2)C3)n1C1CCCCC1. The number of carbonyl (C=O) groups is 1. The fourth-order valence-corrected chi connectivity index (χ4v) is 7.58. The summed E-state index contributed by atoms with van der Waals surface area (Å²) in [5.41, 5.74) is -0.0766. The van der Waals surface area contributed by atoms with Crippen molar-refractivity contribution in [3.63, 3.8) is 0 Å². The molecule has 5 nitrogen and oxygen atoms in total. The fourth-order valence-electron chi connectivity index (χ4n) is 7.01. The smallest absolute Gasteiger partial charge is 0.226 e. The molecule has 0 unspecified atom stereocenters. The van der Waals surface area contributed by atoms with E-state index in [0.29, 0.717) is 18.5 Å². The van der Waals surface area contributed by atoms with Crippen molar-refractivity contribution < 1.29 is 4.79 Å². The molecule has 6 rings (SSSR count). The molecule has 0 aliphatic heterocycles. The Morgan fingerprint density at radius 3 is 2.30 bits per heavy atom. The molecule has 1 heterocycles. The highest BCUT2D eigenvalue weighted by molar-refractivity contribution is 7.98. The minimum absolute atomic E-state index is 0.0766. The van der Waals surface area contributed by atoms with Crippen LogP contribution in [0.25, 0.3) is 0 Å². The van der Waals surface area contributed by atoms with Gasteiger partial charge < -0.3 is 9.88 Å². The molecule has 0 aromatic carbocycles. The predicted molar refractivity (Wildman–Crippen MR) is 106 cm³/mol. The van der Waals surface area contributed by atoms with E-state index < -0.39 is 0 Å². The Labute approximate surface area is 166 Å². The third kappa shape index (κ3) is 3.22. The van der Waals surface area contributed by atoms with Crippen LogP contribution in [0.1, 0.15) is 82.5 Å². The lowest BCUT2D eigenvalue weighted by atomic mass is 9.49. The number of nitrogens with one attached hydrogen (secondary N) is 1. The van der Waals surface area contributed by atoms with Crippen LogP contribution in [0.5, 0.6) is 0 Å². The van der Waals surface area contributed by atoms with Crippen LogP contribution in [0, 0.1) is 23.2 Å². The van der Waals surface area contributed by atoms with Crippen molar-refractivity contribution in [2.75, 3.05) is 6.26 Å². The van der Waals surface area contributed by atoms with Gasteiger partial charge in [-0.15, -0.1) is 10.2 Å². The minimum atomic E-state index is -0.0766. The summed E-state index contributed by atoms with van der Waals surface area (Å²) in [5, 5.41) is 13.2.